The molecular weight excluding hydrogens is 190 g/mol. The fraction of sp³-hybridized carbons (Fsp3) is 0.417. The van der Waals surface area contributed by atoms with E-state index in [9.17, 15) is 9.90 Å². The van der Waals surface area contributed by atoms with Crippen molar-refractivity contribution in [3.05, 3.63) is 35.4 Å². The van der Waals surface area contributed by atoms with E-state index < -0.39 is 5.97 Å². The molecule has 15 heavy (non-hydrogen) atoms. The van der Waals surface area contributed by atoms with Crippen LogP contribution in [-0.2, 0) is 11.3 Å². The number of quaternary nitrogens is 1. The number of aliphatic carboxylic acids is 1. The molecule has 1 aromatic rings. The molecule has 0 heterocycles. The Hall–Kier alpha value is -1.35. The molecule has 0 aromatic heterocycles. The highest BCUT2D eigenvalue weighted by Gasteiger charge is 2.15. The highest BCUT2D eigenvalue weighted by atomic mass is 16.4. The molecule has 0 unspecified atom stereocenters. The number of carbonyl (C=O) groups is 1. The Balaban J connectivity index is 2.68. The normalized spacial score (nSPS) is 11.4. The van der Waals surface area contributed by atoms with Crippen LogP contribution in [0.2, 0.25) is 0 Å². The summed E-state index contributed by atoms with van der Waals surface area (Å²) in [6.07, 6.45) is 0. The molecule has 3 heteroatoms. The van der Waals surface area contributed by atoms with Gasteiger partial charge in [-0.2, -0.15) is 0 Å². The molecule has 0 aliphatic heterocycles. The van der Waals surface area contributed by atoms with Gasteiger partial charge >= 0.3 is 0 Å². The van der Waals surface area contributed by atoms with Gasteiger partial charge in [-0.25, -0.2) is 0 Å². The Kier molecular flexibility index (Phi) is 3.48. The summed E-state index contributed by atoms with van der Waals surface area (Å²) < 4.78 is 0.408. The highest BCUT2D eigenvalue weighted by Crippen LogP contribution is 2.09. The largest absolute Gasteiger partial charge is 0.544 e. The van der Waals surface area contributed by atoms with Gasteiger partial charge in [0.2, 0.25) is 0 Å². The first-order valence-electron chi connectivity index (χ1n) is 4.96. The summed E-state index contributed by atoms with van der Waals surface area (Å²) in [6.45, 7) is 2.77. The molecule has 0 saturated carbocycles. The van der Waals surface area contributed by atoms with E-state index in [-0.39, 0.29) is 6.54 Å². The molecule has 1 aromatic carbocycles. The van der Waals surface area contributed by atoms with Crippen LogP contribution in [-0.4, -0.2) is 31.1 Å². The molecule has 0 bridgehead atoms. The van der Waals surface area contributed by atoms with Crippen molar-refractivity contribution < 1.29 is 14.4 Å². The Morgan fingerprint density at radius 1 is 1.27 bits per heavy atom. The number of rotatable bonds is 4. The molecule has 3 nitrogen and oxygen atoms in total. The van der Waals surface area contributed by atoms with Gasteiger partial charge in [0.05, 0.1) is 20.1 Å². The maximum Gasteiger partial charge on any atom is 0.119 e. The number of carboxylic acid groups (broad SMARTS) is 1. The Morgan fingerprint density at radius 2 is 1.80 bits per heavy atom. The molecular formula is C12H17NO2. The second kappa shape index (κ2) is 4.45. The summed E-state index contributed by atoms with van der Waals surface area (Å²) in [5.74, 6) is -1.01. The van der Waals surface area contributed by atoms with Crippen molar-refractivity contribution >= 4 is 5.97 Å². The van der Waals surface area contributed by atoms with Gasteiger partial charge in [-0.15, -0.1) is 0 Å². The Morgan fingerprint density at radius 3 is 2.27 bits per heavy atom. The lowest BCUT2D eigenvalue weighted by Crippen LogP contribution is -2.47. The van der Waals surface area contributed by atoms with Crippen LogP contribution in [0.4, 0.5) is 0 Å². The minimum Gasteiger partial charge on any atom is -0.544 e. The van der Waals surface area contributed by atoms with Crippen LogP contribution in [0, 0.1) is 6.92 Å². The van der Waals surface area contributed by atoms with Crippen molar-refractivity contribution in [1.29, 1.82) is 0 Å². The van der Waals surface area contributed by atoms with Gasteiger partial charge < -0.3 is 14.4 Å². The molecule has 0 fully saturated rings. The molecule has 0 radical (unpaired) electrons. The van der Waals surface area contributed by atoms with E-state index in [1.165, 1.54) is 5.56 Å². The van der Waals surface area contributed by atoms with Crippen molar-refractivity contribution in [2.75, 3.05) is 20.6 Å². The highest BCUT2D eigenvalue weighted by molar-refractivity contribution is 5.65. The van der Waals surface area contributed by atoms with E-state index in [2.05, 4.69) is 0 Å². The van der Waals surface area contributed by atoms with Crippen molar-refractivity contribution in [3.8, 4) is 0 Å². The van der Waals surface area contributed by atoms with Crippen molar-refractivity contribution in [2.45, 2.75) is 13.5 Å². The molecule has 0 amide bonds. The molecule has 0 aliphatic carbocycles. The van der Waals surface area contributed by atoms with Gasteiger partial charge in [-0.1, -0.05) is 29.8 Å². The van der Waals surface area contributed by atoms with Crippen LogP contribution in [0.5, 0.6) is 0 Å². The van der Waals surface area contributed by atoms with Gasteiger partial charge in [0.1, 0.15) is 13.1 Å². The molecule has 0 N–H and O–H groups in total. The van der Waals surface area contributed by atoms with E-state index in [0.717, 1.165) is 5.56 Å². The molecule has 0 atom stereocenters. The number of carbonyl (C=O) groups excluding carboxylic acids is 1. The summed E-state index contributed by atoms with van der Waals surface area (Å²) in [5.41, 5.74) is 2.36. The summed E-state index contributed by atoms with van der Waals surface area (Å²) >= 11 is 0. The quantitative estimate of drug-likeness (QED) is 0.667. The van der Waals surface area contributed by atoms with Crippen LogP contribution >= 0.6 is 0 Å². The number of hydrogen-bond donors (Lipinski definition) is 0. The zero-order valence-corrected chi connectivity index (χ0v) is 9.49. The number of carboxylic acids is 1. The first-order chi connectivity index (χ1) is 6.89. The van der Waals surface area contributed by atoms with Crippen molar-refractivity contribution in [2.24, 2.45) is 0 Å². The smallest absolute Gasteiger partial charge is 0.119 e. The summed E-state index contributed by atoms with van der Waals surface area (Å²) in [5, 5.41) is 10.5. The SMILES string of the molecule is Cc1ccc(C[N+](C)(C)CC(=O)[O-])cc1. The zero-order chi connectivity index (χ0) is 11.5. The van der Waals surface area contributed by atoms with Gasteiger partial charge in [0, 0.05) is 5.56 Å². The standard InChI is InChI=1S/C12H17NO2/c1-10-4-6-11(7-5-10)8-13(2,3)9-12(14)15/h4-7H,8-9H2,1-3H3. The zero-order valence-electron chi connectivity index (χ0n) is 9.49. The van der Waals surface area contributed by atoms with E-state index in [1.807, 2.05) is 45.3 Å². The lowest BCUT2D eigenvalue weighted by Gasteiger charge is -2.30. The van der Waals surface area contributed by atoms with E-state index in [1.54, 1.807) is 0 Å². The molecule has 0 saturated heterocycles. The average molecular weight is 207 g/mol. The van der Waals surface area contributed by atoms with Crippen LogP contribution in [0.15, 0.2) is 24.3 Å². The number of hydrogen-bond acceptors (Lipinski definition) is 2. The summed E-state index contributed by atoms with van der Waals surface area (Å²) in [6, 6.07) is 8.14. The predicted octanol–water partition coefficient (Wildman–Crippen LogP) is 0.321. The Labute approximate surface area is 90.5 Å². The first kappa shape index (κ1) is 11.7. The number of benzene rings is 1. The number of aryl methyl sites for hydroxylation is 1. The Bertz CT molecular complexity index is 341. The number of nitrogens with zero attached hydrogens (tertiary/aromatic N) is 1. The van der Waals surface area contributed by atoms with Gasteiger partial charge in [0.25, 0.3) is 0 Å². The van der Waals surface area contributed by atoms with Gasteiger partial charge in [-0.3, -0.25) is 0 Å². The maximum atomic E-state index is 10.5. The second-order valence-corrected chi connectivity index (χ2v) is 4.61. The fourth-order valence-electron chi connectivity index (χ4n) is 1.59. The van der Waals surface area contributed by atoms with Crippen LogP contribution < -0.4 is 5.11 Å². The fourth-order valence-corrected chi connectivity index (χ4v) is 1.59. The van der Waals surface area contributed by atoms with Crippen molar-refractivity contribution in [1.82, 2.24) is 0 Å². The third-order valence-corrected chi connectivity index (χ3v) is 2.29. The van der Waals surface area contributed by atoms with E-state index in [0.29, 0.717) is 11.0 Å². The lowest BCUT2D eigenvalue weighted by atomic mass is 10.1. The summed E-state index contributed by atoms with van der Waals surface area (Å²) in [4.78, 5) is 10.5. The predicted molar refractivity (Wildman–Crippen MR) is 56.9 cm³/mol. The topological polar surface area (TPSA) is 40.1 Å². The minimum atomic E-state index is -1.01. The summed E-state index contributed by atoms with van der Waals surface area (Å²) in [7, 11) is 3.77. The first-order valence-corrected chi connectivity index (χ1v) is 4.96. The maximum absolute atomic E-state index is 10.5. The van der Waals surface area contributed by atoms with Crippen LogP contribution in [0.25, 0.3) is 0 Å². The van der Waals surface area contributed by atoms with Gasteiger partial charge in [-0.05, 0) is 6.92 Å². The average Bonchev–Trinajstić information content (AvgIpc) is 2.06. The van der Waals surface area contributed by atoms with Crippen LogP contribution in [0.3, 0.4) is 0 Å². The molecule has 0 spiro atoms. The third-order valence-electron chi connectivity index (χ3n) is 2.29. The number of likely N-dealkylation sites (N-methyl/N-ethyl adjacent to an activating group) is 1. The molecule has 82 valence electrons. The molecule has 0 aliphatic rings. The molecule has 1 rings (SSSR count). The van der Waals surface area contributed by atoms with E-state index in [4.69, 9.17) is 0 Å². The second-order valence-electron chi connectivity index (χ2n) is 4.61. The monoisotopic (exact) mass is 207 g/mol. The van der Waals surface area contributed by atoms with Crippen LogP contribution in [0.1, 0.15) is 11.1 Å². The van der Waals surface area contributed by atoms with E-state index >= 15 is 0 Å². The minimum absolute atomic E-state index is 0.0356. The van der Waals surface area contributed by atoms with Crippen molar-refractivity contribution in [3.63, 3.8) is 0 Å². The lowest BCUT2D eigenvalue weighted by molar-refractivity contribution is -0.898. The third kappa shape index (κ3) is 4.13. The van der Waals surface area contributed by atoms with Gasteiger partial charge in [0.15, 0.2) is 0 Å².